The first-order valence-corrected chi connectivity index (χ1v) is 5.35. The lowest BCUT2D eigenvalue weighted by molar-refractivity contribution is -0.117. The molecule has 0 heterocycles. The quantitative estimate of drug-likeness (QED) is 0.796. The Morgan fingerprint density at radius 1 is 1.41 bits per heavy atom. The highest BCUT2D eigenvalue weighted by Crippen LogP contribution is 2.35. The summed E-state index contributed by atoms with van der Waals surface area (Å²) < 4.78 is 10.3. The molecule has 0 aromatic heterocycles. The first kappa shape index (κ1) is 13.6. The van der Waals surface area contributed by atoms with Gasteiger partial charge >= 0.3 is 0 Å². The van der Waals surface area contributed by atoms with Crippen LogP contribution in [0, 0.1) is 0 Å². The van der Waals surface area contributed by atoms with Gasteiger partial charge in [0.15, 0.2) is 11.5 Å². The summed E-state index contributed by atoms with van der Waals surface area (Å²) in [5.41, 5.74) is 5.90. The molecular weight excluding hydrogens is 244 g/mol. The van der Waals surface area contributed by atoms with Gasteiger partial charge in [0.1, 0.15) is 0 Å². The monoisotopic (exact) mass is 258 g/mol. The van der Waals surface area contributed by atoms with Gasteiger partial charge in [-0.25, -0.2) is 0 Å². The van der Waals surface area contributed by atoms with E-state index in [2.05, 4.69) is 5.32 Å². The number of benzene rings is 1. The fourth-order valence-corrected chi connectivity index (χ4v) is 1.71. The summed E-state index contributed by atoms with van der Waals surface area (Å²) in [6.07, 6.45) is 0. The number of nitrogens with two attached hydrogens (primary N) is 1. The molecule has 0 aliphatic heterocycles. The number of ether oxygens (including phenoxy) is 2. The molecule has 1 amide bonds. The van der Waals surface area contributed by atoms with Crippen LogP contribution in [0.1, 0.15) is 5.56 Å². The summed E-state index contributed by atoms with van der Waals surface area (Å²) in [7, 11) is 3.06. The Morgan fingerprint density at radius 2 is 2.12 bits per heavy atom. The van der Waals surface area contributed by atoms with Crippen molar-refractivity contribution < 1.29 is 14.3 Å². The second kappa shape index (κ2) is 6.32. The first-order chi connectivity index (χ1) is 8.08. The Labute approximate surface area is 105 Å². The van der Waals surface area contributed by atoms with Crippen molar-refractivity contribution in [2.75, 3.05) is 20.8 Å². The van der Waals surface area contributed by atoms with Gasteiger partial charge in [0, 0.05) is 6.54 Å². The van der Waals surface area contributed by atoms with Crippen molar-refractivity contribution in [3.63, 3.8) is 0 Å². The molecule has 0 aliphatic rings. The van der Waals surface area contributed by atoms with Crippen LogP contribution in [0.25, 0.3) is 0 Å². The third kappa shape index (κ3) is 3.80. The van der Waals surface area contributed by atoms with Crippen LogP contribution in [0.15, 0.2) is 12.1 Å². The molecule has 0 spiro atoms. The lowest BCUT2D eigenvalue weighted by Gasteiger charge is -2.11. The molecule has 0 saturated heterocycles. The number of primary amides is 1. The molecule has 17 heavy (non-hydrogen) atoms. The molecule has 5 nitrogen and oxygen atoms in total. The van der Waals surface area contributed by atoms with E-state index in [0.29, 0.717) is 23.1 Å². The summed E-state index contributed by atoms with van der Waals surface area (Å²) in [5, 5.41) is 3.35. The smallest absolute Gasteiger partial charge is 0.231 e. The van der Waals surface area contributed by atoms with Crippen LogP contribution in [-0.2, 0) is 11.3 Å². The minimum atomic E-state index is -0.406. The van der Waals surface area contributed by atoms with E-state index in [1.54, 1.807) is 12.1 Å². The number of methoxy groups -OCH3 is 2. The number of hydrogen-bond donors (Lipinski definition) is 2. The molecule has 3 N–H and O–H groups in total. The van der Waals surface area contributed by atoms with E-state index in [1.165, 1.54) is 14.2 Å². The molecule has 94 valence electrons. The van der Waals surface area contributed by atoms with Gasteiger partial charge in [-0.1, -0.05) is 11.6 Å². The molecule has 0 radical (unpaired) electrons. The Hall–Kier alpha value is -1.46. The minimum absolute atomic E-state index is 0.117. The van der Waals surface area contributed by atoms with Gasteiger partial charge in [-0.05, 0) is 17.7 Å². The average molecular weight is 259 g/mol. The van der Waals surface area contributed by atoms with Crippen LogP contribution < -0.4 is 20.5 Å². The Balaban J connectivity index is 2.80. The number of carbonyl (C=O) groups excluding carboxylic acids is 1. The summed E-state index contributed by atoms with van der Waals surface area (Å²) in [6, 6.07) is 3.54. The van der Waals surface area contributed by atoms with E-state index >= 15 is 0 Å². The number of hydrogen-bond acceptors (Lipinski definition) is 4. The molecule has 0 aliphatic carbocycles. The maximum absolute atomic E-state index is 10.6. The van der Waals surface area contributed by atoms with Gasteiger partial charge in [0.2, 0.25) is 5.91 Å². The van der Waals surface area contributed by atoms with Crippen LogP contribution >= 0.6 is 11.6 Å². The highest BCUT2D eigenvalue weighted by atomic mass is 35.5. The summed E-state index contributed by atoms with van der Waals surface area (Å²) in [6.45, 7) is 0.592. The third-order valence-corrected chi connectivity index (χ3v) is 2.40. The molecule has 0 atom stereocenters. The van der Waals surface area contributed by atoms with Crippen LogP contribution in [0.5, 0.6) is 11.5 Å². The predicted octanol–water partition coefficient (Wildman–Crippen LogP) is 0.932. The van der Waals surface area contributed by atoms with Gasteiger partial charge in [-0.3, -0.25) is 4.79 Å². The largest absolute Gasteiger partial charge is 0.493 e. The van der Waals surface area contributed by atoms with Gasteiger partial charge in [0.05, 0.1) is 25.8 Å². The van der Waals surface area contributed by atoms with Crippen LogP contribution in [0.2, 0.25) is 5.02 Å². The van der Waals surface area contributed by atoms with Crippen molar-refractivity contribution in [2.24, 2.45) is 5.73 Å². The Morgan fingerprint density at radius 3 is 2.65 bits per heavy atom. The Bertz CT molecular complexity index is 410. The molecule has 0 bridgehead atoms. The first-order valence-electron chi connectivity index (χ1n) is 4.98. The van der Waals surface area contributed by atoms with E-state index in [9.17, 15) is 4.79 Å². The normalized spacial score (nSPS) is 10.1. The molecule has 1 aromatic carbocycles. The van der Waals surface area contributed by atoms with Crippen molar-refractivity contribution in [1.29, 1.82) is 0 Å². The lowest BCUT2D eigenvalue weighted by Crippen LogP contribution is -2.28. The maximum Gasteiger partial charge on any atom is 0.231 e. The molecule has 6 heteroatoms. The second-order valence-electron chi connectivity index (χ2n) is 3.38. The van der Waals surface area contributed by atoms with Crippen molar-refractivity contribution in [3.05, 3.63) is 22.7 Å². The van der Waals surface area contributed by atoms with Crippen LogP contribution in [0.4, 0.5) is 0 Å². The van der Waals surface area contributed by atoms with Crippen molar-refractivity contribution in [1.82, 2.24) is 5.32 Å². The number of amides is 1. The molecule has 0 saturated carbocycles. The number of halogens is 1. The zero-order valence-corrected chi connectivity index (χ0v) is 10.5. The number of carbonyl (C=O) groups is 1. The Kier molecular flexibility index (Phi) is 5.06. The highest BCUT2D eigenvalue weighted by molar-refractivity contribution is 6.32. The van der Waals surface area contributed by atoms with Gasteiger partial charge in [-0.15, -0.1) is 0 Å². The van der Waals surface area contributed by atoms with Gasteiger partial charge in [0.25, 0.3) is 0 Å². The van der Waals surface area contributed by atoms with Crippen molar-refractivity contribution in [3.8, 4) is 11.5 Å². The van der Waals surface area contributed by atoms with Gasteiger partial charge < -0.3 is 20.5 Å². The van der Waals surface area contributed by atoms with E-state index < -0.39 is 5.91 Å². The SMILES string of the molecule is COc1cc(CNCC(N)=O)cc(Cl)c1OC. The van der Waals surface area contributed by atoms with E-state index in [-0.39, 0.29) is 6.54 Å². The van der Waals surface area contributed by atoms with Crippen LogP contribution in [0.3, 0.4) is 0 Å². The predicted molar refractivity (Wildman–Crippen MR) is 65.5 cm³/mol. The third-order valence-electron chi connectivity index (χ3n) is 2.12. The molecule has 1 aromatic rings. The zero-order chi connectivity index (χ0) is 12.8. The van der Waals surface area contributed by atoms with E-state index in [4.69, 9.17) is 26.8 Å². The van der Waals surface area contributed by atoms with Gasteiger partial charge in [-0.2, -0.15) is 0 Å². The van der Waals surface area contributed by atoms with E-state index in [1.807, 2.05) is 0 Å². The standard InChI is InChI=1S/C11H15ClN2O3/c1-16-9-4-7(5-14-6-10(13)15)3-8(12)11(9)17-2/h3-4,14H,5-6H2,1-2H3,(H2,13,15). The van der Waals surface area contributed by atoms with Crippen molar-refractivity contribution >= 4 is 17.5 Å². The highest BCUT2D eigenvalue weighted by Gasteiger charge is 2.10. The molecule has 1 rings (SSSR count). The fourth-order valence-electron chi connectivity index (χ4n) is 1.40. The van der Waals surface area contributed by atoms with E-state index in [0.717, 1.165) is 5.56 Å². The zero-order valence-electron chi connectivity index (χ0n) is 9.75. The summed E-state index contributed by atoms with van der Waals surface area (Å²) in [5.74, 6) is 0.639. The minimum Gasteiger partial charge on any atom is -0.493 e. The number of nitrogens with one attached hydrogen (secondary N) is 1. The second-order valence-corrected chi connectivity index (χ2v) is 3.79. The summed E-state index contributed by atoms with van der Waals surface area (Å²) in [4.78, 5) is 10.6. The topological polar surface area (TPSA) is 73.6 Å². The lowest BCUT2D eigenvalue weighted by atomic mass is 10.2. The number of rotatable bonds is 6. The summed E-state index contributed by atoms with van der Waals surface area (Å²) >= 11 is 6.03. The molecule has 0 unspecified atom stereocenters. The molecule has 0 fully saturated rings. The fraction of sp³-hybridized carbons (Fsp3) is 0.364. The van der Waals surface area contributed by atoms with Crippen molar-refractivity contribution in [2.45, 2.75) is 6.54 Å². The average Bonchev–Trinajstić information content (AvgIpc) is 2.27. The maximum atomic E-state index is 10.6. The van der Waals surface area contributed by atoms with Crippen LogP contribution in [-0.4, -0.2) is 26.7 Å². The molecular formula is C11H15ClN2O3.